The Labute approximate surface area is 188 Å². The summed E-state index contributed by atoms with van der Waals surface area (Å²) in [5.74, 6) is -0.676. The largest absolute Gasteiger partial charge is 0.497 e. The van der Waals surface area contributed by atoms with Crippen molar-refractivity contribution in [1.82, 2.24) is 0 Å². The summed E-state index contributed by atoms with van der Waals surface area (Å²) in [6.45, 7) is 10.1. The van der Waals surface area contributed by atoms with Crippen molar-refractivity contribution in [2.24, 2.45) is 16.2 Å². The molecular formula is C27H29NO4. The molecule has 2 atom stereocenters. The van der Waals surface area contributed by atoms with Gasteiger partial charge in [0, 0.05) is 22.1 Å². The lowest BCUT2D eigenvalue weighted by atomic mass is 9.59. The molecule has 2 unspecified atom stereocenters. The summed E-state index contributed by atoms with van der Waals surface area (Å²) in [6.07, 6.45) is 0. The van der Waals surface area contributed by atoms with Gasteiger partial charge in [-0.15, -0.1) is 0 Å². The lowest BCUT2D eigenvalue weighted by Crippen LogP contribution is -2.39. The van der Waals surface area contributed by atoms with Crippen LogP contribution in [-0.4, -0.2) is 24.1 Å². The fourth-order valence-electron chi connectivity index (χ4n) is 5.98. The number of carboxylic acid groups (broad SMARTS) is 1. The molecule has 1 amide bonds. The molecule has 2 aliphatic rings. The quantitative estimate of drug-likeness (QED) is 0.650. The molecule has 166 valence electrons. The Morgan fingerprint density at radius 3 is 2.00 bits per heavy atom. The zero-order chi connectivity index (χ0) is 23.5. The number of allylic oxidation sites excluding steroid dienone is 2. The molecule has 4 rings (SSSR count). The van der Waals surface area contributed by atoms with Gasteiger partial charge in [0.2, 0.25) is 0 Å². The number of hydrogen-bond donors (Lipinski definition) is 2. The highest BCUT2D eigenvalue weighted by Gasteiger charge is 2.72. The van der Waals surface area contributed by atoms with E-state index in [1.54, 1.807) is 19.2 Å². The number of carbonyl (C=O) groups excluding carboxylic acids is 1. The van der Waals surface area contributed by atoms with Crippen molar-refractivity contribution in [2.45, 2.75) is 34.6 Å². The van der Waals surface area contributed by atoms with Gasteiger partial charge in [-0.2, -0.15) is 0 Å². The van der Waals surface area contributed by atoms with E-state index in [2.05, 4.69) is 19.2 Å². The average Bonchev–Trinajstić information content (AvgIpc) is 2.98. The fraction of sp³-hybridized carbons (Fsp3) is 0.333. The average molecular weight is 432 g/mol. The van der Waals surface area contributed by atoms with Gasteiger partial charge in [0.15, 0.2) is 0 Å². The summed E-state index contributed by atoms with van der Waals surface area (Å²) in [5, 5.41) is 13.3. The fourth-order valence-corrected chi connectivity index (χ4v) is 5.98. The third-order valence-electron chi connectivity index (χ3n) is 8.23. The Kier molecular flexibility index (Phi) is 4.85. The molecule has 2 bridgehead atoms. The van der Waals surface area contributed by atoms with Crippen molar-refractivity contribution in [3.8, 4) is 5.75 Å². The number of aliphatic carboxylic acids is 1. The number of fused-ring (bicyclic) bond motifs is 2. The maximum atomic E-state index is 13.6. The van der Waals surface area contributed by atoms with Crippen LogP contribution in [0.15, 0.2) is 71.3 Å². The summed E-state index contributed by atoms with van der Waals surface area (Å²) in [7, 11) is 1.62. The van der Waals surface area contributed by atoms with E-state index >= 15 is 0 Å². The van der Waals surface area contributed by atoms with E-state index in [-0.39, 0.29) is 11.5 Å². The number of carboxylic acids is 1. The van der Waals surface area contributed by atoms with Crippen LogP contribution < -0.4 is 10.1 Å². The molecule has 2 aromatic carbocycles. The number of rotatable bonds is 5. The second-order valence-corrected chi connectivity index (χ2v) is 9.48. The number of methoxy groups -OCH3 is 1. The molecule has 2 N–H and O–H groups in total. The molecule has 5 nitrogen and oxygen atoms in total. The van der Waals surface area contributed by atoms with Crippen LogP contribution >= 0.6 is 0 Å². The summed E-state index contributed by atoms with van der Waals surface area (Å²) in [5.41, 5.74) is 1.98. The first-order chi connectivity index (χ1) is 15.0. The topological polar surface area (TPSA) is 75.6 Å². The van der Waals surface area contributed by atoms with Crippen LogP contribution in [0.4, 0.5) is 5.69 Å². The number of benzene rings is 2. The van der Waals surface area contributed by atoms with Crippen LogP contribution in [0.2, 0.25) is 0 Å². The van der Waals surface area contributed by atoms with Gasteiger partial charge in [-0.3, -0.25) is 4.79 Å². The molecule has 0 radical (unpaired) electrons. The first kappa shape index (κ1) is 21.9. The van der Waals surface area contributed by atoms with E-state index in [1.807, 2.05) is 63.2 Å². The number of hydrogen-bond acceptors (Lipinski definition) is 3. The molecule has 0 saturated carbocycles. The van der Waals surface area contributed by atoms with Crippen LogP contribution in [0.1, 0.15) is 40.2 Å². The van der Waals surface area contributed by atoms with Gasteiger partial charge in [-0.25, -0.2) is 4.79 Å². The molecule has 0 fully saturated rings. The van der Waals surface area contributed by atoms with Crippen LogP contribution in [0.25, 0.3) is 5.57 Å². The first-order valence-corrected chi connectivity index (χ1v) is 10.7. The summed E-state index contributed by atoms with van der Waals surface area (Å²) >= 11 is 0. The Hall–Kier alpha value is -3.34. The molecule has 2 aliphatic carbocycles. The molecule has 0 aliphatic heterocycles. The Bertz CT molecular complexity index is 1170. The zero-order valence-corrected chi connectivity index (χ0v) is 19.4. The predicted octanol–water partition coefficient (Wildman–Crippen LogP) is 5.55. The van der Waals surface area contributed by atoms with E-state index in [0.717, 1.165) is 22.5 Å². The zero-order valence-electron chi connectivity index (χ0n) is 19.4. The minimum Gasteiger partial charge on any atom is -0.497 e. The highest BCUT2D eigenvalue weighted by molar-refractivity contribution is 6.15. The monoisotopic (exact) mass is 431 g/mol. The van der Waals surface area contributed by atoms with Gasteiger partial charge in [-0.05, 0) is 47.7 Å². The molecule has 0 saturated heterocycles. The molecular weight excluding hydrogens is 402 g/mol. The maximum absolute atomic E-state index is 13.6. The van der Waals surface area contributed by atoms with Gasteiger partial charge in [0.05, 0.1) is 12.7 Å². The van der Waals surface area contributed by atoms with Crippen LogP contribution in [0, 0.1) is 16.2 Å². The van der Waals surface area contributed by atoms with Crippen molar-refractivity contribution in [1.29, 1.82) is 0 Å². The third kappa shape index (κ3) is 2.57. The number of nitrogens with one attached hydrogen (secondary N) is 1. The van der Waals surface area contributed by atoms with E-state index in [1.165, 1.54) is 0 Å². The second kappa shape index (κ2) is 7.09. The van der Waals surface area contributed by atoms with Gasteiger partial charge in [-0.1, -0.05) is 63.6 Å². The second-order valence-electron chi connectivity index (χ2n) is 9.48. The Morgan fingerprint density at radius 2 is 1.47 bits per heavy atom. The van der Waals surface area contributed by atoms with Gasteiger partial charge in [0.1, 0.15) is 5.75 Å². The molecule has 0 spiro atoms. The predicted molar refractivity (Wildman–Crippen MR) is 125 cm³/mol. The van der Waals surface area contributed by atoms with Gasteiger partial charge < -0.3 is 15.2 Å². The number of para-hydroxylation sites is 1. The van der Waals surface area contributed by atoms with Gasteiger partial charge in [0.25, 0.3) is 5.91 Å². The molecule has 0 heterocycles. The molecule has 0 aromatic heterocycles. The maximum Gasteiger partial charge on any atom is 0.333 e. The number of carbonyl (C=O) groups is 2. The Morgan fingerprint density at radius 1 is 0.875 bits per heavy atom. The van der Waals surface area contributed by atoms with E-state index in [0.29, 0.717) is 11.3 Å². The van der Waals surface area contributed by atoms with Crippen LogP contribution in [0.5, 0.6) is 5.75 Å². The number of anilines is 1. The van der Waals surface area contributed by atoms with E-state index < -0.39 is 22.2 Å². The minimum absolute atomic E-state index is 0.176. The van der Waals surface area contributed by atoms with Crippen molar-refractivity contribution >= 4 is 23.1 Å². The van der Waals surface area contributed by atoms with Crippen molar-refractivity contribution in [3.63, 3.8) is 0 Å². The highest BCUT2D eigenvalue weighted by atomic mass is 16.5. The standard InChI is InChI=1S/C27H29NO4/c1-16-20(17-12-14-19(32-6)15-13-17)27(5)22(24(30)31)21(26(16,4)25(27,2)3)23(29)28-18-10-8-7-9-11-18/h7-15H,1-6H3,(H,28,29)(H,30,31). The smallest absolute Gasteiger partial charge is 0.333 e. The van der Waals surface area contributed by atoms with Crippen LogP contribution in [0.3, 0.4) is 0 Å². The minimum atomic E-state index is -1.05. The molecule has 32 heavy (non-hydrogen) atoms. The van der Waals surface area contributed by atoms with Crippen LogP contribution in [-0.2, 0) is 9.59 Å². The number of amides is 1. The Balaban J connectivity index is 1.92. The summed E-state index contributed by atoms with van der Waals surface area (Å²) in [4.78, 5) is 26.3. The highest BCUT2D eigenvalue weighted by Crippen LogP contribution is 2.77. The van der Waals surface area contributed by atoms with Crippen molar-refractivity contribution in [2.75, 3.05) is 12.4 Å². The van der Waals surface area contributed by atoms with Crippen molar-refractivity contribution in [3.05, 3.63) is 76.9 Å². The molecule has 2 aromatic rings. The lowest BCUT2D eigenvalue weighted by Gasteiger charge is -2.42. The van der Waals surface area contributed by atoms with E-state index in [9.17, 15) is 14.7 Å². The SMILES string of the molecule is COc1ccc(C2=C(C)C3(C)C(C(=O)Nc4ccccc4)=C(C(=O)O)C2(C)C3(C)C)cc1. The normalized spacial score (nSPS) is 25.8. The summed E-state index contributed by atoms with van der Waals surface area (Å²) in [6, 6.07) is 16.8. The third-order valence-corrected chi connectivity index (χ3v) is 8.23. The lowest BCUT2D eigenvalue weighted by molar-refractivity contribution is -0.134. The van der Waals surface area contributed by atoms with E-state index in [4.69, 9.17) is 4.74 Å². The summed E-state index contributed by atoms with van der Waals surface area (Å²) < 4.78 is 5.30. The first-order valence-electron chi connectivity index (χ1n) is 10.7. The van der Waals surface area contributed by atoms with Crippen molar-refractivity contribution < 1.29 is 19.4 Å². The number of ether oxygens (including phenoxy) is 1. The van der Waals surface area contributed by atoms with Gasteiger partial charge >= 0.3 is 5.97 Å². The molecule has 5 heteroatoms.